The summed E-state index contributed by atoms with van der Waals surface area (Å²) < 4.78 is 0. The highest BCUT2D eigenvalue weighted by Crippen LogP contribution is 2.47. The monoisotopic (exact) mass is 311 g/mol. The fourth-order valence-electron chi connectivity index (χ4n) is 3.14. The van der Waals surface area contributed by atoms with Crippen LogP contribution < -0.4 is 0 Å². The second-order valence-corrected chi connectivity index (χ2v) is 7.55. The minimum Gasteiger partial charge on any atom is -0.380 e. The van der Waals surface area contributed by atoms with E-state index in [4.69, 9.17) is 0 Å². The van der Waals surface area contributed by atoms with Gasteiger partial charge in [0.05, 0.1) is 0 Å². The van der Waals surface area contributed by atoms with Crippen LogP contribution in [0.5, 0.6) is 0 Å². The van der Waals surface area contributed by atoms with E-state index in [0.717, 1.165) is 11.1 Å². The molecule has 124 valence electrons. The minimum atomic E-state index is -1.05. The maximum absolute atomic E-state index is 11.9. The van der Waals surface area contributed by atoms with E-state index in [0.29, 0.717) is 0 Å². The highest BCUT2D eigenvalue weighted by molar-refractivity contribution is 5.44. The van der Waals surface area contributed by atoms with Gasteiger partial charge in [-0.05, 0) is 43.1 Å². The molecular formula is C21H29NO. The molecule has 0 heterocycles. The van der Waals surface area contributed by atoms with Crippen molar-refractivity contribution >= 4 is 0 Å². The second kappa shape index (κ2) is 6.46. The number of rotatable bonds is 4. The van der Waals surface area contributed by atoms with Crippen molar-refractivity contribution in [1.82, 2.24) is 4.90 Å². The number of hydrogen-bond acceptors (Lipinski definition) is 2. The summed E-state index contributed by atoms with van der Waals surface area (Å²) in [5.41, 5.74) is 1.70. The van der Waals surface area contributed by atoms with Gasteiger partial charge in [-0.1, -0.05) is 75.4 Å². The van der Waals surface area contributed by atoms with Crippen molar-refractivity contribution in [3.05, 3.63) is 71.3 Å². The Morgan fingerprint density at radius 1 is 0.870 bits per heavy atom. The van der Waals surface area contributed by atoms with Crippen LogP contribution in [0.3, 0.4) is 0 Å². The van der Waals surface area contributed by atoms with Crippen LogP contribution in [0.15, 0.2) is 54.6 Å². The molecule has 0 saturated carbocycles. The summed E-state index contributed by atoms with van der Waals surface area (Å²) in [5, 5.41) is 11.9. The summed E-state index contributed by atoms with van der Waals surface area (Å²) in [7, 11) is 4.14. The van der Waals surface area contributed by atoms with Crippen molar-refractivity contribution in [2.75, 3.05) is 14.1 Å². The smallest absolute Gasteiger partial charge is 0.120 e. The summed E-state index contributed by atoms with van der Waals surface area (Å²) in [4.78, 5) is 2.17. The maximum atomic E-state index is 11.9. The Bertz CT molecular complexity index is 642. The average Bonchev–Trinajstić information content (AvgIpc) is 2.53. The molecular weight excluding hydrogens is 282 g/mol. The molecule has 0 aliphatic rings. The fourth-order valence-corrected chi connectivity index (χ4v) is 3.14. The summed E-state index contributed by atoms with van der Waals surface area (Å²) >= 11 is 0. The predicted octanol–water partition coefficient (Wildman–Crippen LogP) is 4.59. The first-order valence-electron chi connectivity index (χ1n) is 8.23. The molecule has 23 heavy (non-hydrogen) atoms. The molecule has 2 nitrogen and oxygen atoms in total. The predicted molar refractivity (Wildman–Crippen MR) is 97.4 cm³/mol. The van der Waals surface area contributed by atoms with Gasteiger partial charge in [-0.2, -0.15) is 0 Å². The van der Waals surface area contributed by atoms with Crippen molar-refractivity contribution in [3.8, 4) is 0 Å². The van der Waals surface area contributed by atoms with E-state index in [1.54, 1.807) is 0 Å². The Morgan fingerprint density at radius 3 is 1.91 bits per heavy atom. The second-order valence-electron chi connectivity index (χ2n) is 7.55. The minimum absolute atomic E-state index is 0.226. The molecule has 0 radical (unpaired) electrons. The molecule has 2 atom stereocenters. The van der Waals surface area contributed by atoms with Crippen LogP contribution in [-0.2, 0) is 5.60 Å². The van der Waals surface area contributed by atoms with E-state index < -0.39 is 5.60 Å². The van der Waals surface area contributed by atoms with Gasteiger partial charge in [0.2, 0.25) is 0 Å². The lowest BCUT2D eigenvalue weighted by atomic mass is 9.66. The third-order valence-electron chi connectivity index (χ3n) is 4.85. The number of aliphatic hydroxyl groups is 1. The van der Waals surface area contributed by atoms with Gasteiger partial charge in [-0.15, -0.1) is 0 Å². The van der Waals surface area contributed by atoms with Crippen LogP contribution in [0.4, 0.5) is 0 Å². The zero-order valence-electron chi connectivity index (χ0n) is 15.2. The topological polar surface area (TPSA) is 23.5 Å². The molecule has 0 bridgehead atoms. The highest BCUT2D eigenvalue weighted by atomic mass is 16.3. The molecule has 0 aliphatic carbocycles. The fraction of sp³-hybridized carbons (Fsp3) is 0.429. The van der Waals surface area contributed by atoms with Gasteiger partial charge >= 0.3 is 0 Å². The van der Waals surface area contributed by atoms with Crippen molar-refractivity contribution in [2.45, 2.75) is 39.3 Å². The van der Waals surface area contributed by atoms with Gasteiger partial charge in [-0.3, -0.25) is 0 Å². The average molecular weight is 311 g/mol. The van der Waals surface area contributed by atoms with Crippen LogP contribution in [0.1, 0.15) is 50.4 Å². The molecule has 0 aliphatic heterocycles. The first-order valence-corrected chi connectivity index (χ1v) is 8.23. The lowest BCUT2D eigenvalue weighted by Crippen LogP contribution is -2.42. The van der Waals surface area contributed by atoms with Gasteiger partial charge in [0.15, 0.2) is 0 Å². The van der Waals surface area contributed by atoms with E-state index in [9.17, 15) is 5.11 Å². The standard InChI is InChI=1S/C21H29NO/c1-16(22(5)6)18-14-10-11-15-19(18)21(23,20(2,3)4)17-12-8-7-9-13-17/h7-16,23H,1-6H3/t16-,21-/m0/s1. The van der Waals surface area contributed by atoms with Crippen LogP contribution in [0.25, 0.3) is 0 Å². The van der Waals surface area contributed by atoms with Crippen molar-refractivity contribution in [2.24, 2.45) is 5.41 Å². The quantitative estimate of drug-likeness (QED) is 0.892. The van der Waals surface area contributed by atoms with E-state index in [2.05, 4.69) is 58.8 Å². The molecule has 0 saturated heterocycles. The van der Waals surface area contributed by atoms with Gasteiger partial charge in [0.1, 0.15) is 5.60 Å². The molecule has 0 aromatic heterocycles. The number of nitrogens with zero attached hydrogens (tertiary/aromatic N) is 1. The third kappa shape index (κ3) is 3.19. The summed E-state index contributed by atoms with van der Waals surface area (Å²) in [5.74, 6) is 0. The van der Waals surface area contributed by atoms with Crippen LogP contribution in [0.2, 0.25) is 0 Å². The van der Waals surface area contributed by atoms with E-state index >= 15 is 0 Å². The maximum Gasteiger partial charge on any atom is 0.120 e. The SMILES string of the molecule is C[C@@H](c1ccccc1[C@@](O)(c1ccccc1)C(C)(C)C)N(C)C. The Labute approximate surface area is 140 Å². The first kappa shape index (κ1) is 17.7. The molecule has 2 aromatic rings. The summed E-state index contributed by atoms with van der Waals surface area (Å²) in [6.45, 7) is 8.46. The molecule has 2 aromatic carbocycles. The molecule has 0 fully saturated rings. The Hall–Kier alpha value is -1.64. The largest absolute Gasteiger partial charge is 0.380 e. The van der Waals surface area contributed by atoms with Gasteiger partial charge < -0.3 is 10.0 Å². The van der Waals surface area contributed by atoms with E-state index in [-0.39, 0.29) is 11.5 Å². The molecule has 2 heteroatoms. The van der Waals surface area contributed by atoms with Gasteiger partial charge in [0, 0.05) is 6.04 Å². The normalized spacial score (nSPS) is 16.2. The summed E-state index contributed by atoms with van der Waals surface area (Å²) in [6, 6.07) is 18.5. The Kier molecular flexibility index (Phi) is 4.98. The Morgan fingerprint density at radius 2 is 1.39 bits per heavy atom. The summed E-state index contributed by atoms with van der Waals surface area (Å²) in [6.07, 6.45) is 0. The molecule has 0 amide bonds. The van der Waals surface area contributed by atoms with E-state index in [1.165, 1.54) is 5.56 Å². The number of hydrogen-bond donors (Lipinski definition) is 1. The molecule has 2 rings (SSSR count). The van der Waals surface area contributed by atoms with Crippen molar-refractivity contribution < 1.29 is 5.11 Å². The van der Waals surface area contributed by atoms with Crippen LogP contribution in [-0.4, -0.2) is 24.1 Å². The Balaban J connectivity index is 2.73. The molecule has 0 spiro atoms. The molecule has 0 unspecified atom stereocenters. The van der Waals surface area contributed by atoms with Crippen LogP contribution in [0, 0.1) is 5.41 Å². The van der Waals surface area contributed by atoms with Crippen molar-refractivity contribution in [3.63, 3.8) is 0 Å². The van der Waals surface area contributed by atoms with E-state index in [1.807, 2.05) is 42.5 Å². The first-order chi connectivity index (χ1) is 10.7. The zero-order valence-corrected chi connectivity index (χ0v) is 15.2. The lowest BCUT2D eigenvalue weighted by Gasteiger charge is -2.43. The van der Waals surface area contributed by atoms with Crippen LogP contribution >= 0.6 is 0 Å². The highest BCUT2D eigenvalue weighted by Gasteiger charge is 2.44. The number of benzene rings is 2. The molecule has 1 N–H and O–H groups in total. The lowest BCUT2D eigenvalue weighted by molar-refractivity contribution is -0.0273. The third-order valence-corrected chi connectivity index (χ3v) is 4.85. The van der Waals surface area contributed by atoms with Gasteiger partial charge in [-0.25, -0.2) is 0 Å². The zero-order chi connectivity index (χ0) is 17.3. The van der Waals surface area contributed by atoms with Crippen molar-refractivity contribution in [1.29, 1.82) is 0 Å². The van der Waals surface area contributed by atoms with Gasteiger partial charge in [0.25, 0.3) is 0 Å².